The summed E-state index contributed by atoms with van der Waals surface area (Å²) in [5.41, 5.74) is 0.751. The largest absolute Gasteiger partial charge is 0.270 e. The van der Waals surface area contributed by atoms with Crippen molar-refractivity contribution in [2.24, 2.45) is 0 Å². The van der Waals surface area contributed by atoms with E-state index in [1.165, 1.54) is 0 Å². The number of nitrogens with zero attached hydrogens (tertiary/aromatic N) is 2. The van der Waals surface area contributed by atoms with Gasteiger partial charge in [-0.15, -0.1) is 0 Å². The van der Waals surface area contributed by atoms with Gasteiger partial charge in [0.2, 0.25) is 0 Å². The molecular formula is C11H11Cl2N3S. The molecule has 1 aromatic carbocycles. The third kappa shape index (κ3) is 2.25. The molecule has 0 bridgehead atoms. The molecule has 0 saturated carbocycles. The Bertz CT molecular complexity index is 601. The summed E-state index contributed by atoms with van der Waals surface area (Å²) < 4.78 is 2.33. The lowest BCUT2D eigenvalue weighted by atomic mass is 10.2. The summed E-state index contributed by atoms with van der Waals surface area (Å²) in [7, 11) is 0. The number of hydrogen-bond acceptors (Lipinski definition) is 2. The minimum Gasteiger partial charge on any atom is -0.270 e. The molecule has 0 atom stereocenters. The third-order valence-corrected chi connectivity index (χ3v) is 3.47. The highest BCUT2D eigenvalue weighted by molar-refractivity contribution is 7.71. The maximum Gasteiger partial charge on any atom is 0.199 e. The molecule has 2 rings (SSSR count). The van der Waals surface area contributed by atoms with Crippen molar-refractivity contribution >= 4 is 35.4 Å². The summed E-state index contributed by atoms with van der Waals surface area (Å²) >= 11 is 17.4. The smallest absolute Gasteiger partial charge is 0.199 e. The van der Waals surface area contributed by atoms with Crippen LogP contribution >= 0.6 is 35.4 Å². The van der Waals surface area contributed by atoms with Gasteiger partial charge in [-0.25, -0.2) is 0 Å². The van der Waals surface area contributed by atoms with Crippen LogP contribution in [0.1, 0.15) is 25.6 Å². The fourth-order valence-corrected chi connectivity index (χ4v) is 2.21. The standard InChI is InChI=1S/C11H11Cl2N3S/c1-6(2)10-14-15-11(17)16(10)8-5-3-4-7(12)9(8)13/h3-6H,1-2H3,(H,15,17). The Morgan fingerprint density at radius 1 is 1.35 bits per heavy atom. The van der Waals surface area contributed by atoms with E-state index in [2.05, 4.69) is 10.2 Å². The molecule has 1 N–H and O–H groups in total. The van der Waals surface area contributed by atoms with Gasteiger partial charge in [-0.05, 0) is 24.4 Å². The number of aromatic amines is 1. The van der Waals surface area contributed by atoms with Crippen LogP contribution in [-0.4, -0.2) is 14.8 Å². The molecule has 0 amide bonds. The van der Waals surface area contributed by atoms with Crippen LogP contribution in [0.25, 0.3) is 5.69 Å². The lowest BCUT2D eigenvalue weighted by Gasteiger charge is -2.11. The van der Waals surface area contributed by atoms with Gasteiger partial charge in [0.1, 0.15) is 5.82 Å². The average molecular weight is 288 g/mol. The number of aromatic nitrogens is 3. The monoisotopic (exact) mass is 287 g/mol. The van der Waals surface area contributed by atoms with Gasteiger partial charge in [0.25, 0.3) is 0 Å². The normalized spacial score (nSPS) is 11.1. The van der Waals surface area contributed by atoms with Crippen LogP contribution < -0.4 is 0 Å². The van der Waals surface area contributed by atoms with Crippen LogP contribution in [-0.2, 0) is 0 Å². The Labute approximate surface area is 114 Å². The number of halogens is 2. The maximum atomic E-state index is 6.19. The molecule has 3 nitrogen and oxygen atoms in total. The van der Waals surface area contributed by atoms with E-state index in [-0.39, 0.29) is 5.92 Å². The Hall–Kier alpha value is -0.840. The van der Waals surface area contributed by atoms with Gasteiger partial charge in [-0.1, -0.05) is 43.1 Å². The van der Waals surface area contributed by atoms with Crippen molar-refractivity contribution in [2.75, 3.05) is 0 Å². The molecule has 0 unspecified atom stereocenters. The number of rotatable bonds is 2. The average Bonchev–Trinajstić information content (AvgIpc) is 2.65. The first-order chi connectivity index (χ1) is 8.02. The van der Waals surface area contributed by atoms with Crippen LogP contribution in [0.4, 0.5) is 0 Å². The van der Waals surface area contributed by atoms with Crippen molar-refractivity contribution in [3.05, 3.63) is 38.8 Å². The summed E-state index contributed by atoms with van der Waals surface area (Å²) in [6.45, 7) is 4.08. The highest BCUT2D eigenvalue weighted by Gasteiger charge is 2.15. The van der Waals surface area contributed by atoms with Crippen molar-refractivity contribution in [3.63, 3.8) is 0 Å². The Balaban J connectivity index is 2.72. The van der Waals surface area contributed by atoms with E-state index in [0.717, 1.165) is 11.5 Å². The summed E-state index contributed by atoms with van der Waals surface area (Å²) in [5, 5.41) is 7.97. The molecule has 0 spiro atoms. The Kier molecular flexibility index (Phi) is 3.56. The van der Waals surface area contributed by atoms with E-state index >= 15 is 0 Å². The fourth-order valence-electron chi connectivity index (χ4n) is 1.59. The zero-order valence-electron chi connectivity index (χ0n) is 9.37. The zero-order valence-corrected chi connectivity index (χ0v) is 11.7. The van der Waals surface area contributed by atoms with Crippen molar-refractivity contribution in [2.45, 2.75) is 19.8 Å². The number of nitrogens with one attached hydrogen (secondary N) is 1. The first-order valence-electron chi connectivity index (χ1n) is 5.14. The molecule has 0 aliphatic carbocycles. The third-order valence-electron chi connectivity index (χ3n) is 2.39. The van der Waals surface area contributed by atoms with Gasteiger partial charge in [-0.2, -0.15) is 5.10 Å². The zero-order chi connectivity index (χ0) is 12.6. The minimum atomic E-state index is 0.234. The molecule has 0 aliphatic heterocycles. The van der Waals surface area contributed by atoms with Crippen molar-refractivity contribution in [1.29, 1.82) is 0 Å². The summed E-state index contributed by atoms with van der Waals surface area (Å²) in [6.07, 6.45) is 0. The Morgan fingerprint density at radius 2 is 2.06 bits per heavy atom. The van der Waals surface area contributed by atoms with Crippen LogP contribution in [0, 0.1) is 4.77 Å². The SMILES string of the molecule is CC(C)c1n[nH]c(=S)n1-c1cccc(Cl)c1Cl. The Morgan fingerprint density at radius 3 is 2.71 bits per heavy atom. The highest BCUT2D eigenvalue weighted by Crippen LogP contribution is 2.30. The molecule has 1 aromatic heterocycles. The lowest BCUT2D eigenvalue weighted by Crippen LogP contribution is -2.04. The first-order valence-corrected chi connectivity index (χ1v) is 6.30. The summed E-state index contributed by atoms with van der Waals surface area (Å²) in [5.74, 6) is 1.07. The highest BCUT2D eigenvalue weighted by atomic mass is 35.5. The fraction of sp³-hybridized carbons (Fsp3) is 0.273. The second-order valence-corrected chi connectivity index (χ2v) is 5.12. The van der Waals surface area contributed by atoms with Crippen molar-refractivity contribution in [3.8, 4) is 5.69 Å². The number of H-pyrrole nitrogens is 1. The summed E-state index contributed by atoms with van der Waals surface area (Å²) in [4.78, 5) is 0. The molecule has 0 fully saturated rings. The van der Waals surface area contributed by atoms with Crippen LogP contribution in [0.5, 0.6) is 0 Å². The molecule has 17 heavy (non-hydrogen) atoms. The molecule has 6 heteroatoms. The maximum absolute atomic E-state index is 6.19. The van der Waals surface area contributed by atoms with Gasteiger partial charge >= 0.3 is 0 Å². The number of benzene rings is 1. The predicted octanol–water partition coefficient (Wildman–Crippen LogP) is 4.36. The van der Waals surface area contributed by atoms with Gasteiger partial charge < -0.3 is 0 Å². The van der Waals surface area contributed by atoms with Gasteiger partial charge in [0, 0.05) is 5.92 Å². The predicted molar refractivity (Wildman–Crippen MR) is 72.9 cm³/mol. The van der Waals surface area contributed by atoms with E-state index in [9.17, 15) is 0 Å². The molecule has 2 aromatic rings. The van der Waals surface area contributed by atoms with E-state index < -0.39 is 0 Å². The first kappa shape index (κ1) is 12.6. The molecular weight excluding hydrogens is 277 g/mol. The quantitative estimate of drug-likeness (QED) is 0.833. The van der Waals surface area contributed by atoms with E-state index in [4.69, 9.17) is 35.4 Å². The van der Waals surface area contributed by atoms with Crippen LogP contribution in [0.2, 0.25) is 10.0 Å². The van der Waals surface area contributed by atoms with E-state index in [0.29, 0.717) is 14.8 Å². The van der Waals surface area contributed by atoms with Crippen molar-refractivity contribution < 1.29 is 0 Å². The van der Waals surface area contributed by atoms with Gasteiger partial charge in [-0.3, -0.25) is 9.67 Å². The van der Waals surface area contributed by atoms with Crippen molar-refractivity contribution in [1.82, 2.24) is 14.8 Å². The van der Waals surface area contributed by atoms with Crippen LogP contribution in [0.15, 0.2) is 18.2 Å². The summed E-state index contributed by atoms with van der Waals surface area (Å²) in [6, 6.07) is 5.44. The van der Waals surface area contributed by atoms with E-state index in [1.807, 2.05) is 30.5 Å². The molecule has 90 valence electrons. The van der Waals surface area contributed by atoms with Gasteiger partial charge in [0.05, 0.1) is 15.7 Å². The van der Waals surface area contributed by atoms with E-state index in [1.54, 1.807) is 6.07 Å². The molecule has 0 radical (unpaired) electrons. The lowest BCUT2D eigenvalue weighted by molar-refractivity contribution is 0.744. The molecule has 1 heterocycles. The second kappa shape index (κ2) is 4.80. The topological polar surface area (TPSA) is 33.6 Å². The van der Waals surface area contributed by atoms with Gasteiger partial charge in [0.15, 0.2) is 4.77 Å². The molecule has 0 saturated heterocycles. The molecule has 0 aliphatic rings. The minimum absolute atomic E-state index is 0.234. The van der Waals surface area contributed by atoms with Crippen LogP contribution in [0.3, 0.4) is 0 Å². The second-order valence-electron chi connectivity index (χ2n) is 3.95. The number of hydrogen-bond donors (Lipinski definition) is 1.